The predicted octanol–water partition coefficient (Wildman–Crippen LogP) is 2.84. The van der Waals surface area contributed by atoms with Crippen molar-refractivity contribution in [3.63, 3.8) is 0 Å². The third kappa shape index (κ3) is 3.73. The van der Waals surface area contributed by atoms with Gasteiger partial charge in [-0.25, -0.2) is 13.6 Å². The van der Waals surface area contributed by atoms with Crippen LogP contribution in [0.4, 0.5) is 8.78 Å². The van der Waals surface area contributed by atoms with Gasteiger partial charge in [0.1, 0.15) is 6.04 Å². The van der Waals surface area contributed by atoms with Gasteiger partial charge in [-0.2, -0.15) is 0 Å². The molecule has 1 saturated carbocycles. The van der Waals surface area contributed by atoms with Gasteiger partial charge in [-0.05, 0) is 36.9 Å². The van der Waals surface area contributed by atoms with Gasteiger partial charge < -0.3 is 10.1 Å². The molecule has 0 saturated heterocycles. The molecular formula is C14H17F2NO2. The lowest BCUT2D eigenvalue weighted by atomic mass is 10.0. The van der Waals surface area contributed by atoms with E-state index in [0.717, 1.165) is 12.8 Å². The van der Waals surface area contributed by atoms with Crippen LogP contribution in [0.25, 0.3) is 0 Å². The molecule has 3 nitrogen and oxygen atoms in total. The summed E-state index contributed by atoms with van der Waals surface area (Å²) in [5.41, 5.74) is 0.435. The minimum absolute atomic E-state index is 0.0837. The van der Waals surface area contributed by atoms with Crippen LogP contribution >= 0.6 is 0 Å². The van der Waals surface area contributed by atoms with Gasteiger partial charge in [-0.3, -0.25) is 0 Å². The second-order valence-electron chi connectivity index (χ2n) is 4.78. The molecule has 0 amide bonds. The molecule has 104 valence electrons. The molecule has 1 fully saturated rings. The summed E-state index contributed by atoms with van der Waals surface area (Å²) >= 11 is 0. The molecule has 1 aliphatic rings. The third-order valence-corrected chi connectivity index (χ3v) is 3.24. The molecule has 5 heteroatoms. The molecule has 0 aromatic heterocycles. The average molecular weight is 269 g/mol. The fourth-order valence-corrected chi connectivity index (χ4v) is 1.94. The molecule has 0 heterocycles. The Kier molecular flexibility index (Phi) is 4.47. The normalized spacial score (nSPS) is 16.4. The van der Waals surface area contributed by atoms with Crippen molar-refractivity contribution in [1.29, 1.82) is 0 Å². The van der Waals surface area contributed by atoms with Crippen molar-refractivity contribution in [1.82, 2.24) is 5.32 Å². The summed E-state index contributed by atoms with van der Waals surface area (Å²) in [6.45, 7) is 0.707. The highest BCUT2D eigenvalue weighted by Crippen LogP contribution is 2.29. The first kappa shape index (κ1) is 13.9. The van der Waals surface area contributed by atoms with Crippen molar-refractivity contribution in [3.05, 3.63) is 35.4 Å². The number of hydrogen-bond acceptors (Lipinski definition) is 3. The molecule has 19 heavy (non-hydrogen) atoms. The van der Waals surface area contributed by atoms with E-state index in [0.29, 0.717) is 18.0 Å². The van der Waals surface area contributed by atoms with Crippen molar-refractivity contribution in [2.45, 2.75) is 25.3 Å². The number of methoxy groups -OCH3 is 1. The smallest absolute Gasteiger partial charge is 0.327 e. The van der Waals surface area contributed by atoms with Crippen molar-refractivity contribution in [2.75, 3.05) is 13.7 Å². The highest BCUT2D eigenvalue weighted by atomic mass is 19.3. The number of halogens is 2. The lowest BCUT2D eigenvalue weighted by molar-refractivity contribution is -0.143. The van der Waals surface area contributed by atoms with Crippen molar-refractivity contribution in [3.8, 4) is 0 Å². The Morgan fingerprint density at radius 3 is 2.68 bits per heavy atom. The zero-order chi connectivity index (χ0) is 13.8. The van der Waals surface area contributed by atoms with Gasteiger partial charge in [0.2, 0.25) is 0 Å². The molecule has 0 bridgehead atoms. The van der Waals surface area contributed by atoms with Crippen LogP contribution in [0.3, 0.4) is 0 Å². The van der Waals surface area contributed by atoms with Crippen molar-refractivity contribution in [2.24, 2.45) is 5.92 Å². The maximum Gasteiger partial charge on any atom is 0.327 e. The van der Waals surface area contributed by atoms with E-state index in [1.165, 1.54) is 25.3 Å². The minimum atomic E-state index is -2.54. The third-order valence-electron chi connectivity index (χ3n) is 3.24. The van der Waals surface area contributed by atoms with Gasteiger partial charge in [0, 0.05) is 5.56 Å². The molecule has 0 radical (unpaired) electrons. The van der Waals surface area contributed by atoms with Gasteiger partial charge in [0.05, 0.1) is 7.11 Å². The van der Waals surface area contributed by atoms with Crippen LogP contribution in [0.2, 0.25) is 0 Å². The quantitative estimate of drug-likeness (QED) is 0.807. The molecule has 1 aromatic carbocycles. The fourth-order valence-electron chi connectivity index (χ4n) is 1.94. The second-order valence-corrected chi connectivity index (χ2v) is 4.78. The zero-order valence-corrected chi connectivity index (χ0v) is 10.7. The predicted molar refractivity (Wildman–Crippen MR) is 66.9 cm³/mol. The van der Waals surface area contributed by atoms with E-state index in [9.17, 15) is 13.6 Å². The van der Waals surface area contributed by atoms with Crippen LogP contribution in [-0.2, 0) is 9.53 Å². The summed E-state index contributed by atoms with van der Waals surface area (Å²) in [4.78, 5) is 11.8. The zero-order valence-electron chi connectivity index (χ0n) is 10.7. The standard InChI is InChI=1S/C14H17F2NO2/c1-19-14(18)12(17-8-9-5-6-9)10-3-2-4-11(7-10)13(15)16/h2-4,7,9,12-13,17H,5-6,8H2,1H3. The molecule has 1 unspecified atom stereocenters. The van der Waals surface area contributed by atoms with Gasteiger partial charge in [0.15, 0.2) is 0 Å². The average Bonchev–Trinajstić information content (AvgIpc) is 3.23. The van der Waals surface area contributed by atoms with Gasteiger partial charge in [0.25, 0.3) is 6.43 Å². The van der Waals surface area contributed by atoms with Crippen LogP contribution in [0.1, 0.15) is 36.4 Å². The maximum atomic E-state index is 12.7. The monoisotopic (exact) mass is 269 g/mol. The first-order valence-corrected chi connectivity index (χ1v) is 6.31. The van der Waals surface area contributed by atoms with Crippen molar-refractivity contribution >= 4 is 5.97 Å². The topological polar surface area (TPSA) is 38.3 Å². The van der Waals surface area contributed by atoms with Crippen LogP contribution in [0.15, 0.2) is 24.3 Å². The molecular weight excluding hydrogens is 252 g/mol. The summed E-state index contributed by atoms with van der Waals surface area (Å²) in [5, 5.41) is 3.10. The molecule has 1 atom stereocenters. The number of ether oxygens (including phenoxy) is 1. The molecule has 2 rings (SSSR count). The Morgan fingerprint density at radius 1 is 1.42 bits per heavy atom. The minimum Gasteiger partial charge on any atom is -0.468 e. The Bertz CT molecular complexity index is 447. The summed E-state index contributed by atoms with van der Waals surface area (Å²) in [6.07, 6.45) is -0.239. The van der Waals surface area contributed by atoms with Crippen LogP contribution in [0.5, 0.6) is 0 Å². The van der Waals surface area contributed by atoms with Crippen molar-refractivity contribution < 1.29 is 18.3 Å². The molecule has 1 aromatic rings. The van der Waals surface area contributed by atoms with E-state index in [-0.39, 0.29) is 5.56 Å². The highest BCUT2D eigenvalue weighted by molar-refractivity contribution is 5.77. The van der Waals surface area contributed by atoms with E-state index in [1.807, 2.05) is 0 Å². The largest absolute Gasteiger partial charge is 0.468 e. The molecule has 1 aliphatic carbocycles. The molecule has 0 aliphatic heterocycles. The number of hydrogen-bond donors (Lipinski definition) is 1. The van der Waals surface area contributed by atoms with Crippen LogP contribution in [-0.4, -0.2) is 19.6 Å². The Balaban J connectivity index is 2.15. The van der Waals surface area contributed by atoms with E-state index in [4.69, 9.17) is 4.74 Å². The lowest BCUT2D eigenvalue weighted by Crippen LogP contribution is -2.31. The molecule has 0 spiro atoms. The number of carbonyl (C=O) groups is 1. The van der Waals surface area contributed by atoms with E-state index in [2.05, 4.69) is 5.32 Å². The van der Waals surface area contributed by atoms with E-state index < -0.39 is 18.4 Å². The SMILES string of the molecule is COC(=O)C(NCC1CC1)c1cccc(C(F)F)c1. The summed E-state index contributed by atoms with van der Waals surface area (Å²) < 4.78 is 30.1. The van der Waals surface area contributed by atoms with Gasteiger partial charge in [-0.1, -0.05) is 18.2 Å². The summed E-state index contributed by atoms with van der Waals surface area (Å²) in [7, 11) is 1.30. The van der Waals surface area contributed by atoms with Gasteiger partial charge in [-0.15, -0.1) is 0 Å². The lowest BCUT2D eigenvalue weighted by Gasteiger charge is -2.17. The fraction of sp³-hybridized carbons (Fsp3) is 0.500. The van der Waals surface area contributed by atoms with E-state index in [1.54, 1.807) is 6.07 Å². The highest BCUT2D eigenvalue weighted by Gasteiger charge is 2.27. The Hall–Kier alpha value is -1.49. The number of esters is 1. The summed E-state index contributed by atoms with van der Waals surface area (Å²) in [6, 6.07) is 5.22. The number of nitrogens with one attached hydrogen (secondary N) is 1. The Morgan fingerprint density at radius 2 is 2.11 bits per heavy atom. The number of benzene rings is 1. The van der Waals surface area contributed by atoms with Gasteiger partial charge >= 0.3 is 5.97 Å². The summed E-state index contributed by atoms with van der Waals surface area (Å²) in [5.74, 6) is 0.137. The van der Waals surface area contributed by atoms with Crippen LogP contribution < -0.4 is 5.32 Å². The maximum absolute atomic E-state index is 12.7. The number of rotatable bonds is 6. The first-order valence-electron chi connectivity index (χ1n) is 6.31. The van der Waals surface area contributed by atoms with Crippen LogP contribution in [0, 0.1) is 5.92 Å². The number of alkyl halides is 2. The molecule has 1 N–H and O–H groups in total. The van der Waals surface area contributed by atoms with E-state index >= 15 is 0 Å². The first-order chi connectivity index (χ1) is 9.11. The Labute approximate surface area is 111 Å². The number of carbonyl (C=O) groups excluding carboxylic acids is 1. The second kappa shape index (κ2) is 6.10.